The largest absolute Gasteiger partial charge is 0.674 e. The van der Waals surface area contributed by atoms with E-state index in [0.717, 1.165) is 11.1 Å². The summed E-state index contributed by atoms with van der Waals surface area (Å²) >= 11 is 0. The molecule has 0 fully saturated rings. The minimum Gasteiger partial charge on any atom is -0.674 e. The van der Waals surface area contributed by atoms with E-state index in [9.17, 15) is 8.78 Å². The standard InChI is InChI=1S/C16H16F2O.C3H6N.Pt/c1-16(11-19-2,12-3-7-14(17)8-4-12)13-5-9-15(18)10-6-13;1-2-3-4;/h3-10H,11H2,1-2H3;2,4H,1,3H2;/q;-1;. The summed E-state index contributed by atoms with van der Waals surface area (Å²) in [5.74, 6) is -0.551. The van der Waals surface area contributed by atoms with Crippen LogP contribution >= 0.6 is 0 Å². The van der Waals surface area contributed by atoms with Crippen LogP contribution in [0.2, 0.25) is 0 Å². The van der Waals surface area contributed by atoms with Crippen LogP contribution in [-0.4, -0.2) is 20.3 Å². The van der Waals surface area contributed by atoms with Crippen LogP contribution in [0.4, 0.5) is 8.78 Å². The van der Waals surface area contributed by atoms with E-state index in [1.807, 2.05) is 6.92 Å². The van der Waals surface area contributed by atoms with Gasteiger partial charge in [0.15, 0.2) is 0 Å². The SMILES string of the molecule is C=CC[NH-].COCC(C)(c1ccc(F)cc1)c1ccc(F)cc1.[Pt]. The van der Waals surface area contributed by atoms with E-state index in [1.54, 1.807) is 37.5 Å². The molecule has 5 heteroatoms. The van der Waals surface area contributed by atoms with Crippen molar-refractivity contribution in [2.45, 2.75) is 12.3 Å². The average molecular weight is 513 g/mol. The molecule has 2 aromatic carbocycles. The van der Waals surface area contributed by atoms with Crippen LogP contribution in [0.25, 0.3) is 5.73 Å². The first-order valence-electron chi connectivity index (χ1n) is 7.24. The number of ether oxygens (including phenoxy) is 1. The van der Waals surface area contributed by atoms with Crippen molar-refractivity contribution in [2.75, 3.05) is 20.3 Å². The molecule has 0 aliphatic carbocycles. The number of rotatable bonds is 5. The van der Waals surface area contributed by atoms with Gasteiger partial charge >= 0.3 is 0 Å². The smallest absolute Gasteiger partial charge is 0.123 e. The molecule has 2 nitrogen and oxygen atoms in total. The Kier molecular flexibility index (Phi) is 10.6. The molecule has 134 valence electrons. The Morgan fingerprint density at radius 1 is 1.00 bits per heavy atom. The molecule has 0 heterocycles. The zero-order valence-electron chi connectivity index (χ0n) is 13.8. The molecule has 0 radical (unpaired) electrons. The van der Waals surface area contributed by atoms with Gasteiger partial charge in [0.2, 0.25) is 0 Å². The van der Waals surface area contributed by atoms with E-state index >= 15 is 0 Å². The summed E-state index contributed by atoms with van der Waals surface area (Å²) < 4.78 is 31.4. The number of halogens is 2. The Morgan fingerprint density at radius 2 is 1.33 bits per heavy atom. The van der Waals surface area contributed by atoms with Crippen molar-refractivity contribution in [1.29, 1.82) is 0 Å². The fourth-order valence-corrected chi connectivity index (χ4v) is 2.26. The molecule has 0 saturated heterocycles. The molecule has 0 saturated carbocycles. The zero-order valence-corrected chi connectivity index (χ0v) is 16.1. The van der Waals surface area contributed by atoms with Gasteiger partial charge in [-0.2, -0.15) is 0 Å². The molecule has 1 N–H and O–H groups in total. The van der Waals surface area contributed by atoms with E-state index in [-0.39, 0.29) is 32.7 Å². The van der Waals surface area contributed by atoms with Crippen LogP contribution in [0.15, 0.2) is 61.2 Å². The third-order valence-electron chi connectivity index (χ3n) is 3.54. The molecular weight excluding hydrogens is 491 g/mol. The second-order valence-electron chi connectivity index (χ2n) is 5.27. The molecular formula is C19H22F2NOPt-. The fourth-order valence-electron chi connectivity index (χ4n) is 2.26. The first kappa shape index (κ1) is 22.6. The van der Waals surface area contributed by atoms with Crippen molar-refractivity contribution in [3.63, 3.8) is 0 Å². The number of hydrogen-bond donors (Lipinski definition) is 0. The van der Waals surface area contributed by atoms with Crippen LogP contribution in [0.1, 0.15) is 18.1 Å². The summed E-state index contributed by atoms with van der Waals surface area (Å²) in [7, 11) is 1.62. The van der Waals surface area contributed by atoms with Gasteiger partial charge in [0, 0.05) is 33.6 Å². The van der Waals surface area contributed by atoms with Crippen LogP contribution in [0, 0.1) is 11.6 Å². The van der Waals surface area contributed by atoms with Gasteiger partial charge in [-0.25, -0.2) is 8.78 Å². The van der Waals surface area contributed by atoms with Gasteiger partial charge in [-0.1, -0.05) is 24.3 Å². The van der Waals surface area contributed by atoms with E-state index in [1.165, 1.54) is 24.3 Å². The van der Waals surface area contributed by atoms with Crippen molar-refractivity contribution in [3.8, 4) is 0 Å². The normalized spacial score (nSPS) is 10.2. The molecule has 2 aromatic rings. The maximum absolute atomic E-state index is 13.0. The van der Waals surface area contributed by atoms with Crippen LogP contribution in [-0.2, 0) is 31.2 Å². The number of methoxy groups -OCH3 is 1. The van der Waals surface area contributed by atoms with Gasteiger partial charge in [-0.05, 0) is 42.3 Å². The Balaban J connectivity index is 0.000000954. The van der Waals surface area contributed by atoms with Gasteiger partial charge in [-0.15, -0.1) is 19.2 Å². The Bertz CT molecular complexity index is 554. The van der Waals surface area contributed by atoms with E-state index in [2.05, 4.69) is 6.58 Å². The molecule has 0 unspecified atom stereocenters. The van der Waals surface area contributed by atoms with Gasteiger partial charge in [0.1, 0.15) is 11.6 Å². The summed E-state index contributed by atoms with van der Waals surface area (Å²) in [5.41, 5.74) is 7.76. The molecule has 0 bridgehead atoms. The predicted octanol–water partition coefficient (Wildman–Crippen LogP) is 5.14. The summed E-state index contributed by atoms with van der Waals surface area (Å²) in [4.78, 5) is 0. The summed E-state index contributed by atoms with van der Waals surface area (Å²) in [5, 5.41) is 0. The molecule has 24 heavy (non-hydrogen) atoms. The summed E-state index contributed by atoms with van der Waals surface area (Å²) in [6, 6.07) is 12.6. The molecule has 0 spiro atoms. The number of hydrogen-bond acceptors (Lipinski definition) is 1. The molecule has 0 atom stereocenters. The minimum atomic E-state index is -0.434. The second-order valence-corrected chi connectivity index (χ2v) is 5.27. The predicted molar refractivity (Wildman–Crippen MR) is 90.5 cm³/mol. The molecule has 0 amide bonds. The van der Waals surface area contributed by atoms with Crippen LogP contribution in [0.5, 0.6) is 0 Å². The first-order chi connectivity index (χ1) is 11.0. The van der Waals surface area contributed by atoms with Crippen molar-refractivity contribution < 1.29 is 34.6 Å². The Morgan fingerprint density at radius 3 is 1.58 bits per heavy atom. The van der Waals surface area contributed by atoms with Crippen molar-refractivity contribution in [1.82, 2.24) is 0 Å². The average Bonchev–Trinajstić information content (AvgIpc) is 2.56. The number of benzene rings is 2. The van der Waals surface area contributed by atoms with Crippen LogP contribution in [0.3, 0.4) is 0 Å². The zero-order chi connectivity index (χ0) is 17.3. The van der Waals surface area contributed by atoms with Gasteiger partial charge in [0.05, 0.1) is 6.61 Å². The third kappa shape index (κ3) is 6.27. The quantitative estimate of drug-likeness (QED) is 0.510. The topological polar surface area (TPSA) is 33.0 Å². The van der Waals surface area contributed by atoms with Gasteiger partial charge in [-0.3, -0.25) is 0 Å². The molecule has 2 rings (SSSR count). The maximum Gasteiger partial charge on any atom is 0.123 e. The van der Waals surface area contributed by atoms with Crippen molar-refractivity contribution in [3.05, 3.63) is 89.7 Å². The van der Waals surface area contributed by atoms with Gasteiger partial charge < -0.3 is 10.5 Å². The molecule has 0 aromatic heterocycles. The Labute approximate surface area is 157 Å². The van der Waals surface area contributed by atoms with E-state index in [4.69, 9.17) is 10.5 Å². The number of nitrogens with one attached hydrogen (secondary N) is 1. The summed E-state index contributed by atoms with van der Waals surface area (Å²) in [6.45, 7) is 6.06. The van der Waals surface area contributed by atoms with E-state index < -0.39 is 5.41 Å². The minimum absolute atomic E-state index is 0. The monoisotopic (exact) mass is 513 g/mol. The Hall–Kier alpha value is -1.35. The van der Waals surface area contributed by atoms with Crippen molar-refractivity contribution in [2.24, 2.45) is 0 Å². The third-order valence-corrected chi connectivity index (χ3v) is 3.54. The van der Waals surface area contributed by atoms with Gasteiger partial charge in [0.25, 0.3) is 0 Å². The molecule has 0 aliphatic heterocycles. The fraction of sp³-hybridized carbons (Fsp3) is 0.263. The molecule has 0 aliphatic rings. The van der Waals surface area contributed by atoms with Crippen LogP contribution < -0.4 is 0 Å². The van der Waals surface area contributed by atoms with E-state index in [0.29, 0.717) is 13.2 Å². The van der Waals surface area contributed by atoms with Crippen molar-refractivity contribution >= 4 is 0 Å². The second kappa shape index (κ2) is 11.2. The first-order valence-corrected chi connectivity index (χ1v) is 7.24. The summed E-state index contributed by atoms with van der Waals surface area (Å²) in [6.07, 6.45) is 1.54. The maximum atomic E-state index is 13.0.